The molecule has 0 aliphatic heterocycles. The van der Waals surface area contributed by atoms with Crippen LogP contribution in [0.2, 0.25) is 0 Å². The fourth-order valence-electron chi connectivity index (χ4n) is 2.72. The van der Waals surface area contributed by atoms with Crippen molar-refractivity contribution in [3.05, 3.63) is 36.4 Å². The maximum atomic E-state index is 13.3. The number of rotatable bonds is 7. The van der Waals surface area contributed by atoms with Crippen molar-refractivity contribution in [1.29, 1.82) is 5.26 Å². The van der Waals surface area contributed by atoms with E-state index in [4.69, 9.17) is 4.74 Å². The summed E-state index contributed by atoms with van der Waals surface area (Å²) >= 11 is 1.47. The molecule has 0 spiro atoms. The summed E-state index contributed by atoms with van der Waals surface area (Å²) in [7, 11) is 0. The first kappa shape index (κ1) is 23.7. The average molecular weight is 471 g/mol. The fourth-order valence-corrected chi connectivity index (χ4v) is 3.52. The molecule has 0 aromatic carbocycles. The zero-order valence-corrected chi connectivity index (χ0v) is 18.1. The Labute approximate surface area is 184 Å². The van der Waals surface area contributed by atoms with Crippen LogP contribution in [0.1, 0.15) is 26.3 Å². The molecule has 0 fully saturated rings. The number of hydrogen-bond acceptors (Lipinski definition) is 6. The van der Waals surface area contributed by atoms with Gasteiger partial charge in [-0.2, -0.15) is 27.2 Å². The van der Waals surface area contributed by atoms with Crippen LogP contribution in [0.25, 0.3) is 17.0 Å². The average Bonchev–Trinajstić information content (AvgIpc) is 3.16. The Morgan fingerprint density at radius 2 is 1.84 bits per heavy atom. The molecule has 170 valence electrons. The Bertz CT molecular complexity index is 1170. The molecule has 0 aliphatic rings. The Hall–Kier alpha value is -2.94. The zero-order valence-electron chi connectivity index (χ0n) is 17.2. The Balaban J connectivity index is 2.03. The lowest BCUT2D eigenvalue weighted by Crippen LogP contribution is -2.41. The number of nitrogens with zero attached hydrogens (tertiary/aromatic N) is 5. The Kier molecular flexibility index (Phi) is 6.33. The fraction of sp³-hybridized carbons (Fsp3) is 0.400. The minimum Gasteiger partial charge on any atom is -0.469 e. The molecule has 0 amide bonds. The first-order chi connectivity index (χ1) is 14.9. The first-order valence-corrected chi connectivity index (χ1v) is 10.3. The number of ether oxygens (including phenoxy) is 1. The third-order valence-electron chi connectivity index (χ3n) is 4.59. The molecule has 0 bridgehead atoms. The predicted molar refractivity (Wildman–Crippen MR) is 108 cm³/mol. The van der Waals surface area contributed by atoms with Crippen molar-refractivity contribution < 1.29 is 26.7 Å². The standard InChI is InChI=1S/C20H18F5N5OS/c1-4-32-14-7-12(18(2,3)10-26)8-28-15(14)16-29-9-13-17(27-5-6-30(13)16)31-11-19(21,22)20(23,24)25/h5-9H,4,11H2,1-3H3. The van der Waals surface area contributed by atoms with Gasteiger partial charge in [-0.05, 0) is 31.2 Å². The third-order valence-corrected chi connectivity index (χ3v) is 5.50. The number of nitriles is 1. The van der Waals surface area contributed by atoms with Crippen LogP contribution in [0.5, 0.6) is 5.88 Å². The second-order valence-corrected chi connectivity index (χ2v) is 8.61. The molecule has 0 atom stereocenters. The van der Waals surface area contributed by atoms with Crippen molar-refractivity contribution in [2.75, 3.05) is 12.4 Å². The van der Waals surface area contributed by atoms with Crippen LogP contribution in [0.4, 0.5) is 22.0 Å². The molecule has 0 radical (unpaired) electrons. The summed E-state index contributed by atoms with van der Waals surface area (Å²) in [4.78, 5) is 13.2. The SMILES string of the molecule is CCSc1cc(C(C)(C)C#N)cnc1-c1ncc2c(OCC(F)(F)C(F)(F)F)nccn12. The predicted octanol–water partition coefficient (Wildman–Crippen LogP) is 5.28. The molecule has 0 aliphatic carbocycles. The van der Waals surface area contributed by atoms with E-state index in [0.717, 1.165) is 4.90 Å². The lowest BCUT2D eigenvalue weighted by Gasteiger charge is -2.19. The smallest absolute Gasteiger partial charge is 0.456 e. The molecular formula is C20H18F5N5OS. The van der Waals surface area contributed by atoms with E-state index in [1.54, 1.807) is 20.0 Å². The highest BCUT2D eigenvalue weighted by atomic mass is 32.2. The van der Waals surface area contributed by atoms with Gasteiger partial charge in [-0.1, -0.05) is 6.92 Å². The van der Waals surface area contributed by atoms with E-state index in [1.165, 1.54) is 34.8 Å². The lowest BCUT2D eigenvalue weighted by atomic mass is 9.87. The molecule has 12 heteroatoms. The maximum absolute atomic E-state index is 13.3. The number of hydrogen-bond donors (Lipinski definition) is 0. The van der Waals surface area contributed by atoms with E-state index in [9.17, 15) is 27.2 Å². The highest BCUT2D eigenvalue weighted by Gasteiger charge is 2.58. The summed E-state index contributed by atoms with van der Waals surface area (Å²) < 4.78 is 70.0. The van der Waals surface area contributed by atoms with Gasteiger partial charge in [0.1, 0.15) is 11.2 Å². The number of aromatic nitrogens is 4. The second-order valence-electron chi connectivity index (χ2n) is 7.30. The molecule has 6 nitrogen and oxygen atoms in total. The lowest BCUT2D eigenvalue weighted by molar-refractivity contribution is -0.290. The van der Waals surface area contributed by atoms with E-state index in [0.29, 0.717) is 22.8 Å². The van der Waals surface area contributed by atoms with E-state index < -0.39 is 30.0 Å². The third kappa shape index (κ3) is 4.48. The summed E-state index contributed by atoms with van der Waals surface area (Å²) in [5, 5.41) is 9.41. The van der Waals surface area contributed by atoms with Crippen LogP contribution in [-0.2, 0) is 5.41 Å². The molecule has 0 saturated carbocycles. The monoisotopic (exact) mass is 471 g/mol. The van der Waals surface area contributed by atoms with Gasteiger partial charge >= 0.3 is 12.1 Å². The summed E-state index contributed by atoms with van der Waals surface area (Å²) in [6.07, 6.45) is -0.236. The molecule has 0 unspecified atom stereocenters. The highest BCUT2D eigenvalue weighted by Crippen LogP contribution is 2.37. The topological polar surface area (TPSA) is 76.1 Å². The molecule has 0 saturated heterocycles. The van der Waals surface area contributed by atoms with Crippen molar-refractivity contribution in [2.45, 2.75) is 43.2 Å². The maximum Gasteiger partial charge on any atom is 0.456 e. The number of imidazole rings is 1. The van der Waals surface area contributed by atoms with E-state index in [1.807, 2.05) is 13.0 Å². The minimum atomic E-state index is -5.74. The van der Waals surface area contributed by atoms with Crippen LogP contribution in [-0.4, -0.2) is 43.8 Å². The Morgan fingerprint density at radius 1 is 1.12 bits per heavy atom. The molecular weight excluding hydrogens is 453 g/mol. The zero-order chi connectivity index (χ0) is 23.7. The highest BCUT2D eigenvalue weighted by molar-refractivity contribution is 7.99. The molecule has 3 aromatic heterocycles. The number of thioether (sulfide) groups is 1. The van der Waals surface area contributed by atoms with Crippen LogP contribution < -0.4 is 4.74 Å². The van der Waals surface area contributed by atoms with Crippen LogP contribution in [0.3, 0.4) is 0 Å². The van der Waals surface area contributed by atoms with Crippen molar-refractivity contribution in [3.63, 3.8) is 0 Å². The van der Waals surface area contributed by atoms with Gasteiger partial charge < -0.3 is 4.74 Å². The summed E-state index contributed by atoms with van der Waals surface area (Å²) in [6.45, 7) is 3.57. The van der Waals surface area contributed by atoms with Crippen LogP contribution >= 0.6 is 11.8 Å². The van der Waals surface area contributed by atoms with E-state index in [2.05, 4.69) is 21.0 Å². The van der Waals surface area contributed by atoms with Gasteiger partial charge in [-0.15, -0.1) is 11.8 Å². The van der Waals surface area contributed by atoms with E-state index >= 15 is 0 Å². The van der Waals surface area contributed by atoms with Gasteiger partial charge in [0.15, 0.2) is 12.4 Å². The number of fused-ring (bicyclic) bond motifs is 1. The molecule has 3 heterocycles. The Morgan fingerprint density at radius 3 is 2.47 bits per heavy atom. The summed E-state index contributed by atoms with van der Waals surface area (Å²) in [5.74, 6) is -4.41. The van der Waals surface area contributed by atoms with Gasteiger partial charge in [0.25, 0.3) is 0 Å². The summed E-state index contributed by atoms with van der Waals surface area (Å²) in [6, 6.07) is 4.06. The van der Waals surface area contributed by atoms with Crippen LogP contribution in [0, 0.1) is 11.3 Å². The van der Waals surface area contributed by atoms with E-state index in [-0.39, 0.29) is 5.52 Å². The van der Waals surface area contributed by atoms with Crippen molar-refractivity contribution >= 4 is 17.3 Å². The van der Waals surface area contributed by atoms with Gasteiger partial charge in [-0.3, -0.25) is 9.38 Å². The molecule has 3 rings (SSSR count). The molecule has 32 heavy (non-hydrogen) atoms. The quantitative estimate of drug-likeness (QED) is 0.345. The van der Waals surface area contributed by atoms with Gasteiger partial charge in [0, 0.05) is 23.5 Å². The number of alkyl halides is 5. The van der Waals surface area contributed by atoms with Gasteiger partial charge in [0.2, 0.25) is 5.88 Å². The first-order valence-electron chi connectivity index (χ1n) is 9.35. The molecule has 3 aromatic rings. The number of halogens is 5. The van der Waals surface area contributed by atoms with Crippen LogP contribution in [0.15, 0.2) is 35.7 Å². The van der Waals surface area contributed by atoms with Gasteiger partial charge in [0.05, 0.1) is 17.7 Å². The van der Waals surface area contributed by atoms with Crippen molar-refractivity contribution in [1.82, 2.24) is 19.4 Å². The normalized spacial score (nSPS) is 12.7. The van der Waals surface area contributed by atoms with Crippen molar-refractivity contribution in [2.24, 2.45) is 0 Å². The minimum absolute atomic E-state index is 0.108. The summed E-state index contributed by atoms with van der Waals surface area (Å²) in [5.41, 5.74) is 0.515. The van der Waals surface area contributed by atoms with Gasteiger partial charge in [-0.25, -0.2) is 9.97 Å². The second kappa shape index (κ2) is 8.54. The molecule has 0 N–H and O–H groups in total. The van der Waals surface area contributed by atoms with Crippen molar-refractivity contribution in [3.8, 4) is 23.5 Å². The number of pyridine rings is 1. The largest absolute Gasteiger partial charge is 0.469 e.